The molecule has 0 aromatic heterocycles. The molecule has 11 heavy (non-hydrogen) atoms. The van der Waals surface area contributed by atoms with Crippen LogP contribution in [0.15, 0.2) is 23.4 Å². The summed E-state index contributed by atoms with van der Waals surface area (Å²) in [5, 5.41) is 2.64. The highest BCUT2D eigenvalue weighted by atomic mass is 16.3. The molecule has 1 aromatic carbocycles. The first kappa shape index (κ1) is 7.66. The average Bonchev–Trinajstić information content (AvgIpc) is 2.04. The maximum Gasteiger partial charge on any atom is 0.152 e. The van der Waals surface area contributed by atoms with Gasteiger partial charge in [0.2, 0.25) is 0 Å². The molecule has 0 saturated heterocycles. The topological polar surface area (TPSA) is 46.5 Å². The number of nitroso groups, excluding NO2 is 1. The highest BCUT2D eigenvalue weighted by Gasteiger charge is 1.99. The molecule has 0 bridgehead atoms. The number of aldehydes is 1. The van der Waals surface area contributed by atoms with Crippen molar-refractivity contribution in [3.05, 3.63) is 28.7 Å². The monoisotopic (exact) mass is 145 g/mol. The normalized spacial score (nSPS) is 9.09. The van der Waals surface area contributed by atoms with E-state index in [9.17, 15) is 9.70 Å². The summed E-state index contributed by atoms with van der Waals surface area (Å²) in [5.74, 6) is 0. The molecule has 52 valence electrons. The molecule has 0 atom stereocenters. The van der Waals surface area contributed by atoms with Gasteiger partial charge in [-0.1, -0.05) is 11.5 Å². The van der Waals surface area contributed by atoms with E-state index in [1.165, 1.54) is 12.1 Å². The van der Waals surface area contributed by atoms with Gasteiger partial charge in [-0.25, -0.2) is 0 Å². The highest BCUT2D eigenvalue weighted by Crippen LogP contribution is 2.13. The summed E-state index contributed by atoms with van der Waals surface area (Å²) >= 11 is 0. The van der Waals surface area contributed by atoms with Crippen LogP contribution >= 0.6 is 0 Å². The molecule has 4 heteroatoms. The summed E-state index contributed by atoms with van der Waals surface area (Å²) in [4.78, 5) is 20.3. The predicted octanol–water partition coefficient (Wildman–Crippen LogP) is 0.691. The molecule has 0 unspecified atom stereocenters. The molecule has 0 amide bonds. The minimum atomic E-state index is 0.0833. The van der Waals surface area contributed by atoms with Crippen LogP contribution in [0.5, 0.6) is 0 Å². The maximum absolute atomic E-state index is 10.3. The molecule has 0 fully saturated rings. The summed E-state index contributed by atoms with van der Waals surface area (Å²) in [6.45, 7) is 0. The smallest absolute Gasteiger partial charge is 0.152 e. The van der Waals surface area contributed by atoms with Gasteiger partial charge >= 0.3 is 0 Å². The quantitative estimate of drug-likeness (QED) is 0.349. The van der Waals surface area contributed by atoms with E-state index in [2.05, 4.69) is 5.18 Å². The number of carbonyl (C=O) groups is 1. The number of benzene rings is 1. The van der Waals surface area contributed by atoms with Crippen LogP contribution in [0.2, 0.25) is 0 Å². The molecule has 0 aliphatic carbocycles. The standard InChI is InChI=1S/C7H4BNO2/c8-6-2-1-5(4-10)7(3-6)9-11/h1-4H. The third kappa shape index (κ3) is 1.52. The Labute approximate surface area is 64.8 Å². The highest BCUT2D eigenvalue weighted by molar-refractivity contribution is 6.32. The van der Waals surface area contributed by atoms with Crippen LogP contribution in [0.4, 0.5) is 5.69 Å². The minimum absolute atomic E-state index is 0.0833. The van der Waals surface area contributed by atoms with Crippen molar-refractivity contribution >= 4 is 25.3 Å². The van der Waals surface area contributed by atoms with Crippen molar-refractivity contribution in [1.29, 1.82) is 0 Å². The maximum atomic E-state index is 10.3. The van der Waals surface area contributed by atoms with Crippen molar-refractivity contribution in [3.8, 4) is 0 Å². The lowest BCUT2D eigenvalue weighted by Gasteiger charge is -1.95. The number of hydrogen-bond acceptors (Lipinski definition) is 3. The molecule has 0 aliphatic rings. The Morgan fingerprint density at radius 1 is 1.45 bits per heavy atom. The zero-order chi connectivity index (χ0) is 8.27. The Morgan fingerprint density at radius 2 is 2.18 bits per heavy atom. The Hall–Kier alpha value is -1.45. The minimum Gasteiger partial charge on any atom is -0.298 e. The number of carbonyl (C=O) groups excluding carboxylic acids is 1. The molecule has 0 aliphatic heterocycles. The lowest BCUT2D eigenvalue weighted by molar-refractivity contribution is 0.112. The number of hydrogen-bond donors (Lipinski definition) is 0. The second-order valence-electron chi connectivity index (χ2n) is 2.03. The Morgan fingerprint density at radius 3 is 2.73 bits per heavy atom. The zero-order valence-electron chi connectivity index (χ0n) is 5.65. The van der Waals surface area contributed by atoms with Gasteiger partial charge in [0, 0.05) is 5.56 Å². The Kier molecular flexibility index (Phi) is 2.16. The number of rotatable bonds is 2. The first-order chi connectivity index (χ1) is 5.27. The fourth-order valence-corrected chi connectivity index (χ4v) is 0.739. The van der Waals surface area contributed by atoms with Gasteiger partial charge in [0.25, 0.3) is 0 Å². The molecule has 0 heterocycles. The van der Waals surface area contributed by atoms with Crippen LogP contribution in [0, 0.1) is 4.91 Å². The van der Waals surface area contributed by atoms with E-state index >= 15 is 0 Å². The molecule has 1 rings (SSSR count). The van der Waals surface area contributed by atoms with Gasteiger partial charge in [-0.2, -0.15) is 0 Å². The van der Waals surface area contributed by atoms with Gasteiger partial charge in [-0.05, 0) is 17.3 Å². The summed E-state index contributed by atoms with van der Waals surface area (Å²) < 4.78 is 0. The van der Waals surface area contributed by atoms with Crippen molar-refractivity contribution in [2.75, 3.05) is 0 Å². The predicted molar refractivity (Wildman–Crippen MR) is 42.7 cm³/mol. The van der Waals surface area contributed by atoms with Crippen molar-refractivity contribution in [3.63, 3.8) is 0 Å². The fourth-order valence-electron chi connectivity index (χ4n) is 0.739. The van der Waals surface area contributed by atoms with E-state index in [4.69, 9.17) is 7.85 Å². The van der Waals surface area contributed by atoms with Crippen LogP contribution < -0.4 is 5.46 Å². The van der Waals surface area contributed by atoms with Gasteiger partial charge in [0.05, 0.1) is 0 Å². The summed E-state index contributed by atoms with van der Waals surface area (Å²) in [7, 11) is 5.34. The first-order valence-electron chi connectivity index (χ1n) is 2.96. The van der Waals surface area contributed by atoms with Crippen LogP contribution in [0.3, 0.4) is 0 Å². The van der Waals surface area contributed by atoms with E-state index in [-0.39, 0.29) is 11.3 Å². The lowest BCUT2D eigenvalue weighted by Crippen LogP contribution is -2.00. The molecule has 0 saturated carbocycles. The molecule has 0 spiro atoms. The zero-order valence-corrected chi connectivity index (χ0v) is 5.65. The largest absolute Gasteiger partial charge is 0.298 e. The van der Waals surface area contributed by atoms with Gasteiger partial charge < -0.3 is 0 Å². The van der Waals surface area contributed by atoms with Crippen LogP contribution in [0.1, 0.15) is 10.4 Å². The number of nitrogens with zero attached hydrogens (tertiary/aromatic N) is 1. The Balaban J connectivity index is 3.26. The van der Waals surface area contributed by atoms with Crippen LogP contribution in [-0.4, -0.2) is 14.1 Å². The molecule has 3 nitrogen and oxygen atoms in total. The van der Waals surface area contributed by atoms with Crippen LogP contribution in [0.25, 0.3) is 0 Å². The summed E-state index contributed by atoms with van der Waals surface area (Å²) in [6, 6.07) is 4.36. The molecular formula is C7H4BNO2. The van der Waals surface area contributed by atoms with Gasteiger partial charge in [-0.15, -0.1) is 4.91 Å². The molecule has 1 aromatic rings. The second-order valence-corrected chi connectivity index (χ2v) is 2.03. The lowest BCUT2D eigenvalue weighted by atomic mass is 9.94. The third-order valence-electron chi connectivity index (χ3n) is 1.28. The Bertz CT molecular complexity index is 298. The molecule has 2 radical (unpaired) electrons. The van der Waals surface area contributed by atoms with Crippen LogP contribution in [-0.2, 0) is 0 Å². The fraction of sp³-hybridized carbons (Fsp3) is 0. The SMILES string of the molecule is [B]c1ccc(C=O)c(N=O)c1. The third-order valence-corrected chi connectivity index (χ3v) is 1.28. The van der Waals surface area contributed by atoms with Gasteiger partial charge in [-0.3, -0.25) is 4.79 Å². The summed E-state index contributed by atoms with van der Waals surface area (Å²) in [5.41, 5.74) is 0.763. The van der Waals surface area contributed by atoms with Gasteiger partial charge in [0.15, 0.2) is 6.29 Å². The van der Waals surface area contributed by atoms with E-state index < -0.39 is 0 Å². The second kappa shape index (κ2) is 3.10. The average molecular weight is 145 g/mol. The van der Waals surface area contributed by atoms with Crippen molar-refractivity contribution in [1.82, 2.24) is 0 Å². The van der Waals surface area contributed by atoms with Crippen molar-refractivity contribution in [2.24, 2.45) is 5.18 Å². The first-order valence-corrected chi connectivity index (χ1v) is 2.96. The van der Waals surface area contributed by atoms with E-state index in [1.807, 2.05) is 0 Å². The van der Waals surface area contributed by atoms with Crippen molar-refractivity contribution < 1.29 is 4.79 Å². The molecular weight excluding hydrogens is 141 g/mol. The molecule has 0 N–H and O–H groups in total. The van der Waals surface area contributed by atoms with E-state index in [0.29, 0.717) is 11.7 Å². The van der Waals surface area contributed by atoms with E-state index in [1.54, 1.807) is 6.07 Å². The summed E-state index contributed by atoms with van der Waals surface area (Å²) in [6.07, 6.45) is 0.566. The van der Waals surface area contributed by atoms with E-state index in [0.717, 1.165) is 0 Å². The van der Waals surface area contributed by atoms with Crippen molar-refractivity contribution in [2.45, 2.75) is 0 Å². The van der Waals surface area contributed by atoms with Gasteiger partial charge in [0.1, 0.15) is 13.5 Å².